The van der Waals surface area contributed by atoms with Crippen LogP contribution in [-0.4, -0.2) is 34.1 Å². The van der Waals surface area contributed by atoms with Gasteiger partial charge in [0.1, 0.15) is 0 Å². The van der Waals surface area contributed by atoms with Gasteiger partial charge in [0, 0.05) is 35.1 Å². The smallest absolute Gasteiger partial charge is 0.230 e. The highest BCUT2D eigenvalue weighted by Crippen LogP contribution is 2.15. The molecule has 0 saturated heterocycles. The van der Waals surface area contributed by atoms with E-state index in [4.69, 9.17) is 5.73 Å². The van der Waals surface area contributed by atoms with Crippen molar-refractivity contribution in [3.8, 4) is 0 Å². The van der Waals surface area contributed by atoms with Crippen molar-refractivity contribution in [3.05, 3.63) is 70.5 Å². The number of amides is 1. The van der Waals surface area contributed by atoms with Gasteiger partial charge < -0.3 is 21.5 Å². The highest BCUT2D eigenvalue weighted by molar-refractivity contribution is 7.13. The highest BCUT2D eigenvalue weighted by atomic mass is 32.1. The van der Waals surface area contributed by atoms with E-state index in [0.717, 1.165) is 35.5 Å². The zero-order valence-corrected chi connectivity index (χ0v) is 17.1. The zero-order chi connectivity index (χ0) is 20.6. The van der Waals surface area contributed by atoms with Crippen molar-refractivity contribution >= 4 is 28.1 Å². The summed E-state index contributed by atoms with van der Waals surface area (Å²) in [6.07, 6.45) is 2.18. The predicted molar refractivity (Wildman–Crippen MR) is 116 cm³/mol. The molecule has 1 atom stereocenters. The molecule has 1 amide bonds. The number of rotatable bonds is 9. The number of nitrogens with two attached hydrogens (primary N) is 1. The van der Waals surface area contributed by atoms with Crippen molar-refractivity contribution in [2.75, 3.05) is 24.1 Å². The van der Waals surface area contributed by atoms with Gasteiger partial charge in [0.05, 0.1) is 18.2 Å². The molecule has 5 N–H and O–H groups in total. The minimum Gasteiger partial charge on any atom is -0.387 e. The predicted octanol–water partition coefficient (Wildman–Crippen LogP) is 2.48. The second kappa shape index (κ2) is 10.1. The molecule has 0 aliphatic rings. The number of thiazole rings is 1. The molecule has 1 aromatic carbocycles. The molecule has 2 aromatic heterocycles. The molecule has 0 spiro atoms. The quantitative estimate of drug-likeness (QED) is 0.402. The third kappa shape index (κ3) is 6.35. The van der Waals surface area contributed by atoms with Crippen LogP contribution < -0.4 is 16.4 Å². The van der Waals surface area contributed by atoms with Crippen molar-refractivity contribution in [1.29, 1.82) is 0 Å². The van der Waals surface area contributed by atoms with Gasteiger partial charge in [-0.05, 0) is 43.7 Å². The van der Waals surface area contributed by atoms with Crippen LogP contribution in [-0.2, 0) is 17.6 Å². The fourth-order valence-corrected chi connectivity index (χ4v) is 3.52. The van der Waals surface area contributed by atoms with E-state index in [2.05, 4.69) is 20.6 Å². The second-order valence-electron chi connectivity index (χ2n) is 6.75. The largest absolute Gasteiger partial charge is 0.387 e. The van der Waals surface area contributed by atoms with Crippen molar-refractivity contribution < 1.29 is 9.90 Å². The summed E-state index contributed by atoms with van der Waals surface area (Å²) in [6.45, 7) is 3.11. The fourth-order valence-electron chi connectivity index (χ4n) is 2.96. The van der Waals surface area contributed by atoms with Crippen LogP contribution in [0.25, 0.3) is 0 Å². The third-order valence-electron chi connectivity index (χ3n) is 4.48. The summed E-state index contributed by atoms with van der Waals surface area (Å²) in [5, 5.41) is 18.7. The number of nitrogens with zero attached hydrogens (tertiary/aromatic N) is 2. The van der Waals surface area contributed by atoms with Crippen LogP contribution in [0.15, 0.2) is 48.0 Å². The summed E-state index contributed by atoms with van der Waals surface area (Å²) in [5.74, 6) is -0.121. The molecule has 152 valence electrons. The van der Waals surface area contributed by atoms with Gasteiger partial charge in [0.2, 0.25) is 5.91 Å². The number of aliphatic hydroxyl groups is 1. The number of aliphatic hydroxyl groups excluding tert-OH is 1. The third-order valence-corrected chi connectivity index (χ3v) is 5.21. The van der Waals surface area contributed by atoms with E-state index in [1.807, 2.05) is 43.3 Å². The SMILES string of the molecule is Cc1ncccc1C(O)CNCCc1ccc(NC(=O)Cc2csc(N)n2)cc1. The Hall–Kier alpha value is -2.81. The maximum atomic E-state index is 12.1. The Labute approximate surface area is 174 Å². The molecule has 1 unspecified atom stereocenters. The molecule has 0 aliphatic heterocycles. The van der Waals surface area contributed by atoms with Gasteiger partial charge >= 0.3 is 0 Å². The summed E-state index contributed by atoms with van der Waals surface area (Å²) >= 11 is 1.33. The Morgan fingerprint density at radius 3 is 2.76 bits per heavy atom. The van der Waals surface area contributed by atoms with Crippen LogP contribution in [0.2, 0.25) is 0 Å². The summed E-state index contributed by atoms with van der Waals surface area (Å²) in [5.41, 5.74) is 9.85. The number of hydrogen-bond donors (Lipinski definition) is 4. The van der Waals surface area contributed by atoms with Crippen molar-refractivity contribution in [1.82, 2.24) is 15.3 Å². The lowest BCUT2D eigenvalue weighted by atomic mass is 10.1. The van der Waals surface area contributed by atoms with Crippen molar-refractivity contribution in [3.63, 3.8) is 0 Å². The number of aromatic nitrogens is 2. The first kappa shape index (κ1) is 20.9. The summed E-state index contributed by atoms with van der Waals surface area (Å²) < 4.78 is 0. The Balaban J connectivity index is 1.40. The van der Waals surface area contributed by atoms with Gasteiger partial charge in [-0.25, -0.2) is 4.98 Å². The van der Waals surface area contributed by atoms with Crippen LogP contribution in [0.1, 0.15) is 28.6 Å². The second-order valence-corrected chi connectivity index (χ2v) is 7.64. The van der Waals surface area contributed by atoms with E-state index in [0.29, 0.717) is 17.4 Å². The molecular formula is C21H25N5O2S. The Morgan fingerprint density at radius 2 is 2.07 bits per heavy atom. The van der Waals surface area contributed by atoms with E-state index in [1.165, 1.54) is 11.3 Å². The topological polar surface area (TPSA) is 113 Å². The minimum absolute atomic E-state index is 0.121. The lowest BCUT2D eigenvalue weighted by Gasteiger charge is -2.14. The first-order valence-electron chi connectivity index (χ1n) is 9.40. The number of nitrogen functional groups attached to an aromatic ring is 1. The van der Waals surface area contributed by atoms with E-state index >= 15 is 0 Å². The molecule has 29 heavy (non-hydrogen) atoms. The summed E-state index contributed by atoms with van der Waals surface area (Å²) in [4.78, 5) is 20.4. The maximum Gasteiger partial charge on any atom is 0.230 e. The van der Waals surface area contributed by atoms with Crippen LogP contribution in [0.5, 0.6) is 0 Å². The Bertz CT molecular complexity index is 942. The van der Waals surface area contributed by atoms with Gasteiger partial charge in [-0.1, -0.05) is 18.2 Å². The molecule has 0 bridgehead atoms. The normalized spacial score (nSPS) is 11.9. The molecule has 3 rings (SSSR count). The number of hydrogen-bond acceptors (Lipinski definition) is 7. The van der Waals surface area contributed by atoms with E-state index in [-0.39, 0.29) is 12.3 Å². The lowest BCUT2D eigenvalue weighted by Crippen LogP contribution is -2.24. The molecule has 2 heterocycles. The molecule has 3 aromatic rings. The molecular weight excluding hydrogens is 386 g/mol. The molecule has 0 saturated carbocycles. The van der Waals surface area contributed by atoms with E-state index in [1.54, 1.807) is 11.6 Å². The molecule has 7 nitrogen and oxygen atoms in total. The average molecular weight is 412 g/mol. The average Bonchev–Trinajstić information content (AvgIpc) is 3.11. The number of benzene rings is 1. The van der Waals surface area contributed by atoms with Crippen LogP contribution in [0.3, 0.4) is 0 Å². The van der Waals surface area contributed by atoms with Crippen LogP contribution >= 0.6 is 11.3 Å². The monoisotopic (exact) mass is 411 g/mol. The maximum absolute atomic E-state index is 12.1. The van der Waals surface area contributed by atoms with Crippen molar-refractivity contribution in [2.24, 2.45) is 0 Å². The van der Waals surface area contributed by atoms with Gasteiger partial charge in [0.15, 0.2) is 5.13 Å². The Kier molecular flexibility index (Phi) is 7.29. The first-order chi connectivity index (χ1) is 14.0. The number of pyridine rings is 1. The minimum atomic E-state index is -0.575. The number of carbonyl (C=O) groups is 1. The van der Waals surface area contributed by atoms with Crippen LogP contribution in [0.4, 0.5) is 10.8 Å². The van der Waals surface area contributed by atoms with Gasteiger partial charge in [-0.2, -0.15) is 0 Å². The van der Waals surface area contributed by atoms with Gasteiger partial charge in [-0.3, -0.25) is 9.78 Å². The zero-order valence-electron chi connectivity index (χ0n) is 16.3. The fraction of sp³-hybridized carbons (Fsp3) is 0.286. The molecule has 8 heteroatoms. The highest BCUT2D eigenvalue weighted by Gasteiger charge is 2.10. The number of carbonyl (C=O) groups excluding carboxylic acids is 1. The lowest BCUT2D eigenvalue weighted by molar-refractivity contribution is -0.115. The summed E-state index contributed by atoms with van der Waals surface area (Å²) in [7, 11) is 0. The summed E-state index contributed by atoms with van der Waals surface area (Å²) in [6, 6.07) is 11.5. The van der Waals surface area contributed by atoms with E-state index in [9.17, 15) is 9.90 Å². The number of anilines is 2. The molecule has 0 fully saturated rings. The number of nitrogens with one attached hydrogen (secondary N) is 2. The van der Waals surface area contributed by atoms with Crippen LogP contribution in [0, 0.1) is 6.92 Å². The standard InChI is InChI=1S/C21H25N5O2S/c1-14-18(3-2-9-24-14)19(27)12-23-10-8-15-4-6-16(7-5-15)25-20(28)11-17-13-29-21(22)26-17/h2-7,9,13,19,23,27H,8,10-12H2,1H3,(H2,22,26)(H,25,28). The number of aryl methyl sites for hydroxylation is 1. The molecule has 0 aliphatic carbocycles. The van der Waals surface area contributed by atoms with E-state index < -0.39 is 6.10 Å². The van der Waals surface area contributed by atoms with Gasteiger partial charge in [-0.15, -0.1) is 11.3 Å². The molecule has 0 radical (unpaired) electrons. The van der Waals surface area contributed by atoms with Gasteiger partial charge in [0.25, 0.3) is 0 Å². The first-order valence-corrected chi connectivity index (χ1v) is 10.3. The Morgan fingerprint density at radius 1 is 1.28 bits per heavy atom. The van der Waals surface area contributed by atoms with Crippen molar-refractivity contribution in [2.45, 2.75) is 25.9 Å².